The number of amides is 1. The molecule has 22 heavy (non-hydrogen) atoms. The maximum Gasteiger partial charge on any atom is 0.277 e. The fraction of sp³-hybridized carbons (Fsp3) is 0.125. The monoisotopic (exact) mass is 362 g/mol. The van der Waals surface area contributed by atoms with Gasteiger partial charge in [0.15, 0.2) is 6.61 Å². The molecule has 0 atom stereocenters. The lowest BCUT2D eigenvalue weighted by atomic mass is 10.2. The maximum atomic E-state index is 11.6. The SMILES string of the molecule is Cc1cccc(OCC(=O)NN=Cc2cc(Br)ccc2O)c1. The van der Waals surface area contributed by atoms with Crippen molar-refractivity contribution in [1.82, 2.24) is 5.43 Å². The molecule has 0 saturated carbocycles. The Balaban J connectivity index is 1.85. The molecule has 0 spiro atoms. The van der Waals surface area contributed by atoms with E-state index >= 15 is 0 Å². The molecule has 0 aliphatic carbocycles. The van der Waals surface area contributed by atoms with E-state index in [4.69, 9.17) is 4.74 Å². The van der Waals surface area contributed by atoms with E-state index in [9.17, 15) is 9.90 Å². The summed E-state index contributed by atoms with van der Waals surface area (Å²) in [7, 11) is 0. The van der Waals surface area contributed by atoms with E-state index in [1.54, 1.807) is 18.2 Å². The summed E-state index contributed by atoms with van der Waals surface area (Å²) >= 11 is 3.29. The van der Waals surface area contributed by atoms with E-state index < -0.39 is 0 Å². The molecule has 0 radical (unpaired) electrons. The summed E-state index contributed by atoms with van der Waals surface area (Å²) in [6, 6.07) is 12.4. The number of benzene rings is 2. The van der Waals surface area contributed by atoms with Crippen molar-refractivity contribution >= 4 is 28.1 Å². The molecule has 0 bridgehead atoms. The molecule has 2 aromatic rings. The topological polar surface area (TPSA) is 70.9 Å². The van der Waals surface area contributed by atoms with E-state index in [0.717, 1.165) is 10.0 Å². The van der Waals surface area contributed by atoms with Gasteiger partial charge in [0.05, 0.1) is 6.21 Å². The third-order valence-corrected chi connectivity index (χ3v) is 3.24. The summed E-state index contributed by atoms with van der Waals surface area (Å²) in [5, 5.41) is 13.4. The Morgan fingerprint density at radius 1 is 1.36 bits per heavy atom. The zero-order valence-electron chi connectivity index (χ0n) is 11.9. The number of hydrazone groups is 1. The van der Waals surface area contributed by atoms with E-state index in [-0.39, 0.29) is 18.3 Å². The predicted molar refractivity (Wildman–Crippen MR) is 88.2 cm³/mol. The molecule has 5 nitrogen and oxygen atoms in total. The Labute approximate surface area is 136 Å². The maximum absolute atomic E-state index is 11.6. The van der Waals surface area contributed by atoms with Gasteiger partial charge in [-0.2, -0.15) is 5.10 Å². The van der Waals surface area contributed by atoms with Gasteiger partial charge in [0.25, 0.3) is 5.91 Å². The van der Waals surface area contributed by atoms with Crippen molar-refractivity contribution in [1.29, 1.82) is 0 Å². The summed E-state index contributed by atoms with van der Waals surface area (Å²) in [5.41, 5.74) is 3.89. The first kappa shape index (κ1) is 16.0. The summed E-state index contributed by atoms with van der Waals surface area (Å²) in [6.07, 6.45) is 1.37. The number of aryl methyl sites for hydroxylation is 1. The number of hydrogen-bond donors (Lipinski definition) is 2. The van der Waals surface area contributed by atoms with Crippen LogP contribution in [0.15, 0.2) is 52.0 Å². The minimum atomic E-state index is -0.382. The highest BCUT2D eigenvalue weighted by Crippen LogP contribution is 2.19. The number of nitrogens with one attached hydrogen (secondary N) is 1. The number of hydrogen-bond acceptors (Lipinski definition) is 4. The minimum Gasteiger partial charge on any atom is -0.507 e. The lowest BCUT2D eigenvalue weighted by Gasteiger charge is -2.05. The molecule has 2 rings (SSSR count). The van der Waals surface area contributed by atoms with Gasteiger partial charge in [-0.15, -0.1) is 0 Å². The summed E-state index contributed by atoms with van der Waals surface area (Å²) in [6.45, 7) is 1.81. The van der Waals surface area contributed by atoms with Crippen molar-refractivity contribution < 1.29 is 14.6 Å². The molecule has 0 fully saturated rings. The van der Waals surface area contributed by atoms with Crippen LogP contribution in [0.5, 0.6) is 11.5 Å². The minimum absolute atomic E-state index is 0.0807. The number of halogens is 1. The van der Waals surface area contributed by atoms with Gasteiger partial charge < -0.3 is 9.84 Å². The lowest BCUT2D eigenvalue weighted by Crippen LogP contribution is -2.24. The van der Waals surface area contributed by atoms with Crippen LogP contribution in [0.1, 0.15) is 11.1 Å². The number of carbonyl (C=O) groups is 1. The molecule has 1 amide bonds. The van der Waals surface area contributed by atoms with Crippen molar-refractivity contribution in [3.63, 3.8) is 0 Å². The van der Waals surface area contributed by atoms with Gasteiger partial charge in [-0.05, 0) is 42.8 Å². The molecule has 0 aliphatic heterocycles. The number of phenolic OH excluding ortho intramolecular Hbond substituents is 1. The number of carbonyl (C=O) groups excluding carboxylic acids is 1. The van der Waals surface area contributed by atoms with E-state index in [0.29, 0.717) is 11.3 Å². The molecular formula is C16H15BrN2O3. The van der Waals surface area contributed by atoms with Crippen LogP contribution in [-0.4, -0.2) is 23.8 Å². The highest BCUT2D eigenvalue weighted by Gasteiger charge is 2.02. The fourth-order valence-corrected chi connectivity index (χ4v) is 2.07. The number of nitrogens with zero attached hydrogens (tertiary/aromatic N) is 1. The lowest BCUT2D eigenvalue weighted by molar-refractivity contribution is -0.123. The second kappa shape index (κ2) is 7.61. The van der Waals surface area contributed by atoms with Crippen molar-refractivity contribution in [2.75, 3.05) is 6.61 Å². The van der Waals surface area contributed by atoms with E-state index in [1.807, 2.05) is 25.1 Å². The summed E-state index contributed by atoms with van der Waals surface area (Å²) in [4.78, 5) is 11.6. The number of aromatic hydroxyl groups is 1. The number of phenols is 1. The summed E-state index contributed by atoms with van der Waals surface area (Å²) < 4.78 is 6.16. The van der Waals surface area contributed by atoms with Crippen molar-refractivity contribution in [2.24, 2.45) is 5.10 Å². The molecule has 114 valence electrons. The normalized spacial score (nSPS) is 10.6. The zero-order chi connectivity index (χ0) is 15.9. The Hall–Kier alpha value is -2.34. The molecule has 0 heterocycles. The quantitative estimate of drug-likeness (QED) is 0.634. The molecule has 0 unspecified atom stereocenters. The van der Waals surface area contributed by atoms with Crippen LogP contribution in [0.3, 0.4) is 0 Å². The Bertz CT molecular complexity index is 702. The van der Waals surface area contributed by atoms with E-state index in [2.05, 4.69) is 26.5 Å². The Morgan fingerprint density at radius 2 is 2.18 bits per heavy atom. The van der Waals surface area contributed by atoms with Gasteiger partial charge in [-0.1, -0.05) is 28.1 Å². The highest BCUT2D eigenvalue weighted by atomic mass is 79.9. The summed E-state index contributed by atoms with van der Waals surface area (Å²) in [5.74, 6) is 0.327. The van der Waals surface area contributed by atoms with Gasteiger partial charge in [-0.25, -0.2) is 5.43 Å². The molecule has 2 aromatic carbocycles. The van der Waals surface area contributed by atoms with Gasteiger partial charge in [-0.3, -0.25) is 4.79 Å². The number of rotatable bonds is 5. The van der Waals surface area contributed by atoms with Gasteiger partial charge in [0.1, 0.15) is 11.5 Å². The van der Waals surface area contributed by atoms with Crippen molar-refractivity contribution in [2.45, 2.75) is 6.92 Å². The van der Waals surface area contributed by atoms with Crippen LogP contribution in [0.2, 0.25) is 0 Å². The fourth-order valence-electron chi connectivity index (χ4n) is 1.69. The molecular weight excluding hydrogens is 348 g/mol. The Kier molecular flexibility index (Phi) is 5.55. The van der Waals surface area contributed by atoms with Crippen LogP contribution >= 0.6 is 15.9 Å². The van der Waals surface area contributed by atoms with Gasteiger partial charge >= 0.3 is 0 Å². The molecule has 0 aliphatic rings. The third-order valence-electron chi connectivity index (χ3n) is 2.74. The van der Waals surface area contributed by atoms with Crippen LogP contribution in [0.25, 0.3) is 0 Å². The first-order valence-corrected chi connectivity index (χ1v) is 7.34. The molecule has 2 N–H and O–H groups in total. The van der Waals surface area contributed by atoms with Gasteiger partial charge in [0.2, 0.25) is 0 Å². The molecule has 0 saturated heterocycles. The second-order valence-corrected chi connectivity index (χ2v) is 5.52. The van der Waals surface area contributed by atoms with Crippen LogP contribution in [0, 0.1) is 6.92 Å². The largest absolute Gasteiger partial charge is 0.507 e. The molecule has 6 heteroatoms. The number of ether oxygens (including phenoxy) is 1. The van der Waals surface area contributed by atoms with Crippen LogP contribution in [0.4, 0.5) is 0 Å². The average molecular weight is 363 g/mol. The average Bonchev–Trinajstić information content (AvgIpc) is 2.49. The standard InChI is InChI=1S/C16H15BrN2O3/c1-11-3-2-4-14(7-11)22-10-16(21)19-18-9-12-8-13(17)5-6-15(12)20/h2-9,20H,10H2,1H3,(H,19,21). The first-order valence-electron chi connectivity index (χ1n) is 6.54. The first-order chi connectivity index (χ1) is 10.5. The molecule has 0 aromatic heterocycles. The third kappa shape index (κ3) is 4.89. The zero-order valence-corrected chi connectivity index (χ0v) is 13.5. The van der Waals surface area contributed by atoms with Crippen molar-refractivity contribution in [3.8, 4) is 11.5 Å². The smallest absolute Gasteiger partial charge is 0.277 e. The highest BCUT2D eigenvalue weighted by molar-refractivity contribution is 9.10. The van der Waals surface area contributed by atoms with Crippen molar-refractivity contribution in [3.05, 3.63) is 58.1 Å². The van der Waals surface area contributed by atoms with Crippen LogP contribution in [-0.2, 0) is 4.79 Å². The van der Waals surface area contributed by atoms with Gasteiger partial charge in [0, 0.05) is 10.0 Å². The second-order valence-electron chi connectivity index (χ2n) is 4.60. The Morgan fingerprint density at radius 3 is 2.95 bits per heavy atom. The predicted octanol–water partition coefficient (Wildman–Crippen LogP) is 2.99. The van der Waals surface area contributed by atoms with E-state index in [1.165, 1.54) is 12.3 Å². The van der Waals surface area contributed by atoms with Crippen LogP contribution < -0.4 is 10.2 Å².